The largest absolute Gasteiger partial charge is 0.465 e. The van der Waals surface area contributed by atoms with E-state index in [4.69, 9.17) is 0 Å². The second kappa shape index (κ2) is 7.03. The standard InChI is InChI=1S/C16H14N2O4/c1-22-16(21)12-9-5-6-10-13(12)18-15(20)14(19)17-11-7-3-2-4-8-11/h2-10H,1H3,(H,17,19)(H,18,20). The molecule has 6 nitrogen and oxygen atoms in total. The molecule has 0 spiro atoms. The van der Waals surface area contributed by atoms with E-state index in [1.54, 1.807) is 42.5 Å². The van der Waals surface area contributed by atoms with Crippen LogP contribution < -0.4 is 10.6 Å². The number of methoxy groups -OCH3 is 1. The number of nitrogens with one attached hydrogen (secondary N) is 2. The van der Waals surface area contributed by atoms with E-state index in [1.165, 1.54) is 19.2 Å². The molecule has 0 saturated heterocycles. The third-order valence-electron chi connectivity index (χ3n) is 2.82. The molecule has 0 heterocycles. The maximum atomic E-state index is 11.9. The molecule has 6 heteroatoms. The number of hydrogen-bond donors (Lipinski definition) is 2. The summed E-state index contributed by atoms with van der Waals surface area (Å²) in [5.41, 5.74) is 0.886. The van der Waals surface area contributed by atoms with E-state index in [2.05, 4.69) is 15.4 Å². The van der Waals surface area contributed by atoms with Gasteiger partial charge in [-0.15, -0.1) is 0 Å². The Balaban J connectivity index is 2.09. The number of esters is 1. The lowest BCUT2D eigenvalue weighted by Crippen LogP contribution is -2.29. The molecule has 0 saturated carbocycles. The van der Waals surface area contributed by atoms with Crippen molar-refractivity contribution in [3.63, 3.8) is 0 Å². The minimum absolute atomic E-state index is 0.172. The van der Waals surface area contributed by atoms with E-state index in [1.807, 2.05) is 0 Å². The summed E-state index contributed by atoms with van der Waals surface area (Å²) in [6, 6.07) is 14.9. The minimum Gasteiger partial charge on any atom is -0.465 e. The van der Waals surface area contributed by atoms with Crippen LogP contribution in [0, 0.1) is 0 Å². The number of benzene rings is 2. The predicted molar refractivity (Wildman–Crippen MR) is 81.5 cm³/mol. The first-order chi connectivity index (χ1) is 10.6. The topological polar surface area (TPSA) is 84.5 Å². The molecule has 0 atom stereocenters. The average molecular weight is 298 g/mol. The van der Waals surface area contributed by atoms with Gasteiger partial charge in [0.25, 0.3) is 0 Å². The van der Waals surface area contributed by atoms with Crippen molar-refractivity contribution in [3.05, 3.63) is 60.2 Å². The highest BCUT2D eigenvalue weighted by atomic mass is 16.5. The molecule has 0 aromatic heterocycles. The molecule has 0 radical (unpaired) electrons. The Kier molecular flexibility index (Phi) is 4.87. The highest BCUT2D eigenvalue weighted by molar-refractivity contribution is 6.43. The summed E-state index contributed by atoms with van der Waals surface area (Å²) in [5, 5.41) is 4.85. The van der Waals surface area contributed by atoms with E-state index < -0.39 is 17.8 Å². The number of anilines is 2. The fraction of sp³-hybridized carbons (Fsp3) is 0.0625. The predicted octanol–water partition coefficient (Wildman–Crippen LogP) is 2.05. The van der Waals surface area contributed by atoms with Gasteiger partial charge in [-0.05, 0) is 24.3 Å². The highest BCUT2D eigenvalue weighted by Gasteiger charge is 2.18. The summed E-state index contributed by atoms with van der Waals surface area (Å²) in [5.74, 6) is -2.30. The number of amides is 2. The van der Waals surface area contributed by atoms with Gasteiger partial charge in [-0.3, -0.25) is 9.59 Å². The van der Waals surface area contributed by atoms with Gasteiger partial charge in [0.05, 0.1) is 18.4 Å². The second-order valence-corrected chi connectivity index (χ2v) is 4.31. The fourth-order valence-corrected chi connectivity index (χ4v) is 1.77. The Morgan fingerprint density at radius 1 is 0.818 bits per heavy atom. The quantitative estimate of drug-likeness (QED) is 0.671. The van der Waals surface area contributed by atoms with Crippen molar-refractivity contribution in [1.29, 1.82) is 0 Å². The fourth-order valence-electron chi connectivity index (χ4n) is 1.77. The number of ether oxygens (including phenoxy) is 1. The van der Waals surface area contributed by atoms with E-state index in [0.29, 0.717) is 5.69 Å². The molecular formula is C16H14N2O4. The van der Waals surface area contributed by atoms with Gasteiger partial charge in [0.2, 0.25) is 0 Å². The van der Waals surface area contributed by atoms with Crippen LogP contribution in [0.3, 0.4) is 0 Å². The van der Waals surface area contributed by atoms with Crippen molar-refractivity contribution in [2.45, 2.75) is 0 Å². The molecule has 0 fully saturated rings. The van der Waals surface area contributed by atoms with Gasteiger partial charge < -0.3 is 15.4 Å². The molecular weight excluding hydrogens is 284 g/mol. The summed E-state index contributed by atoms with van der Waals surface area (Å²) < 4.78 is 4.62. The normalized spacial score (nSPS) is 9.68. The van der Waals surface area contributed by atoms with Gasteiger partial charge in [-0.25, -0.2) is 4.79 Å². The second-order valence-electron chi connectivity index (χ2n) is 4.31. The van der Waals surface area contributed by atoms with E-state index in [9.17, 15) is 14.4 Å². The van der Waals surface area contributed by atoms with E-state index in [-0.39, 0.29) is 11.3 Å². The van der Waals surface area contributed by atoms with Gasteiger partial charge in [-0.2, -0.15) is 0 Å². The lowest BCUT2D eigenvalue weighted by molar-refractivity contribution is -0.133. The summed E-state index contributed by atoms with van der Waals surface area (Å²) in [4.78, 5) is 35.3. The molecule has 2 aromatic carbocycles. The summed E-state index contributed by atoms with van der Waals surface area (Å²) >= 11 is 0. The zero-order valence-corrected chi connectivity index (χ0v) is 11.8. The van der Waals surface area contributed by atoms with Crippen LogP contribution in [0.5, 0.6) is 0 Å². The van der Waals surface area contributed by atoms with Crippen molar-refractivity contribution in [1.82, 2.24) is 0 Å². The van der Waals surface area contributed by atoms with Crippen molar-refractivity contribution in [2.75, 3.05) is 17.7 Å². The lowest BCUT2D eigenvalue weighted by atomic mass is 10.2. The number of carbonyl (C=O) groups is 3. The summed E-state index contributed by atoms with van der Waals surface area (Å²) in [6.45, 7) is 0. The van der Waals surface area contributed by atoms with Crippen molar-refractivity contribution < 1.29 is 19.1 Å². The van der Waals surface area contributed by atoms with Gasteiger partial charge in [0, 0.05) is 5.69 Å². The summed E-state index contributed by atoms with van der Waals surface area (Å²) in [7, 11) is 1.24. The maximum absolute atomic E-state index is 11.9. The first-order valence-electron chi connectivity index (χ1n) is 6.46. The monoisotopic (exact) mass is 298 g/mol. The Hall–Kier alpha value is -3.15. The van der Waals surface area contributed by atoms with Gasteiger partial charge in [-0.1, -0.05) is 30.3 Å². The molecule has 0 unspecified atom stereocenters. The Morgan fingerprint density at radius 3 is 2.09 bits per heavy atom. The molecule has 22 heavy (non-hydrogen) atoms. The molecule has 2 rings (SSSR count). The van der Waals surface area contributed by atoms with Gasteiger partial charge in [0.15, 0.2) is 0 Å². The lowest BCUT2D eigenvalue weighted by Gasteiger charge is -2.09. The smallest absolute Gasteiger partial charge is 0.339 e. The molecule has 0 aliphatic heterocycles. The van der Waals surface area contributed by atoms with Gasteiger partial charge >= 0.3 is 17.8 Å². The molecule has 2 amide bonds. The Labute approximate surface area is 127 Å². The first kappa shape index (κ1) is 15.2. The van der Waals surface area contributed by atoms with Crippen LogP contribution in [-0.2, 0) is 14.3 Å². The maximum Gasteiger partial charge on any atom is 0.339 e. The average Bonchev–Trinajstić information content (AvgIpc) is 2.55. The van der Waals surface area contributed by atoms with Crippen LogP contribution in [0.15, 0.2) is 54.6 Å². The first-order valence-corrected chi connectivity index (χ1v) is 6.46. The number of hydrogen-bond acceptors (Lipinski definition) is 4. The molecule has 112 valence electrons. The summed E-state index contributed by atoms with van der Waals surface area (Å²) in [6.07, 6.45) is 0. The van der Waals surface area contributed by atoms with Crippen LogP contribution in [-0.4, -0.2) is 24.9 Å². The van der Waals surface area contributed by atoms with Crippen LogP contribution in [0.1, 0.15) is 10.4 Å². The van der Waals surface area contributed by atoms with Crippen LogP contribution >= 0.6 is 0 Å². The zero-order chi connectivity index (χ0) is 15.9. The van der Waals surface area contributed by atoms with Crippen LogP contribution in [0.4, 0.5) is 11.4 Å². The van der Waals surface area contributed by atoms with Crippen LogP contribution in [0.25, 0.3) is 0 Å². The molecule has 0 aliphatic rings. The van der Waals surface area contributed by atoms with Crippen molar-refractivity contribution >= 4 is 29.2 Å². The molecule has 2 aromatic rings. The SMILES string of the molecule is COC(=O)c1ccccc1NC(=O)C(=O)Nc1ccccc1. The van der Waals surface area contributed by atoms with E-state index >= 15 is 0 Å². The molecule has 0 aliphatic carbocycles. The zero-order valence-electron chi connectivity index (χ0n) is 11.8. The van der Waals surface area contributed by atoms with Gasteiger partial charge in [0.1, 0.15) is 0 Å². The van der Waals surface area contributed by atoms with Crippen molar-refractivity contribution in [3.8, 4) is 0 Å². The number of para-hydroxylation sites is 2. The van der Waals surface area contributed by atoms with E-state index in [0.717, 1.165) is 0 Å². The molecule has 0 bridgehead atoms. The number of carbonyl (C=O) groups excluding carboxylic acids is 3. The molecule has 2 N–H and O–H groups in total. The third kappa shape index (κ3) is 3.69. The Bertz CT molecular complexity index is 698. The van der Waals surface area contributed by atoms with Crippen LogP contribution in [0.2, 0.25) is 0 Å². The highest BCUT2D eigenvalue weighted by Crippen LogP contribution is 2.16. The minimum atomic E-state index is -0.875. The third-order valence-corrected chi connectivity index (χ3v) is 2.82. The van der Waals surface area contributed by atoms with Crippen molar-refractivity contribution in [2.24, 2.45) is 0 Å². The Morgan fingerprint density at radius 2 is 1.41 bits per heavy atom. The number of rotatable bonds is 3.